The van der Waals surface area contributed by atoms with Gasteiger partial charge in [0.05, 0.1) is 11.9 Å². The zero-order chi connectivity index (χ0) is 16.0. The Morgan fingerprint density at radius 1 is 1.36 bits per heavy atom. The lowest BCUT2D eigenvalue weighted by Crippen LogP contribution is -2.57. The Bertz CT molecular complexity index is 580. The lowest BCUT2D eigenvalue weighted by Gasteiger charge is -2.32. The molecule has 22 heavy (non-hydrogen) atoms. The number of rotatable bonds is 7. The van der Waals surface area contributed by atoms with E-state index in [1.807, 2.05) is 44.2 Å². The molecule has 0 aliphatic carbocycles. The van der Waals surface area contributed by atoms with Crippen molar-refractivity contribution in [3.8, 4) is 0 Å². The number of nitrogens with one attached hydrogen (secondary N) is 2. The molecule has 0 saturated carbocycles. The molecular formula is C17H24N4O. The topological polar surface area (TPSA) is 83.8 Å². The summed E-state index contributed by atoms with van der Waals surface area (Å²) in [4.78, 5) is 19.6. The van der Waals surface area contributed by atoms with Crippen LogP contribution in [0.2, 0.25) is 0 Å². The van der Waals surface area contributed by atoms with E-state index < -0.39 is 5.54 Å². The Balaban J connectivity index is 1.97. The maximum absolute atomic E-state index is 12.6. The van der Waals surface area contributed by atoms with Crippen molar-refractivity contribution < 1.29 is 4.79 Å². The molecule has 0 aliphatic heterocycles. The van der Waals surface area contributed by atoms with Crippen LogP contribution in [0.15, 0.2) is 42.9 Å². The van der Waals surface area contributed by atoms with Gasteiger partial charge in [-0.25, -0.2) is 4.98 Å². The molecule has 2 aromatic rings. The minimum atomic E-state index is -0.889. The fraction of sp³-hybridized carbons (Fsp3) is 0.412. The van der Waals surface area contributed by atoms with E-state index in [0.29, 0.717) is 19.4 Å². The molecule has 0 fully saturated rings. The van der Waals surface area contributed by atoms with Crippen LogP contribution in [0.1, 0.15) is 31.5 Å². The van der Waals surface area contributed by atoms with Gasteiger partial charge in [0, 0.05) is 18.4 Å². The third-order valence-electron chi connectivity index (χ3n) is 4.11. The first kappa shape index (κ1) is 16.2. The van der Waals surface area contributed by atoms with Crippen LogP contribution in [0.4, 0.5) is 0 Å². The number of hydrogen-bond donors (Lipinski definition) is 3. The fourth-order valence-electron chi connectivity index (χ4n) is 2.37. The first-order valence-electron chi connectivity index (χ1n) is 7.60. The molecule has 0 aliphatic rings. The third kappa shape index (κ3) is 3.95. The van der Waals surface area contributed by atoms with Crippen molar-refractivity contribution in [2.75, 3.05) is 0 Å². The number of carbonyl (C=O) groups is 1. The maximum Gasteiger partial charge on any atom is 0.240 e. The second-order valence-electron chi connectivity index (χ2n) is 5.94. The summed E-state index contributed by atoms with van der Waals surface area (Å²) in [6.45, 7) is 4.46. The summed E-state index contributed by atoms with van der Waals surface area (Å²) in [5.41, 5.74) is 7.59. The second-order valence-corrected chi connectivity index (χ2v) is 5.94. The number of amides is 1. The van der Waals surface area contributed by atoms with E-state index in [2.05, 4.69) is 15.3 Å². The summed E-state index contributed by atoms with van der Waals surface area (Å²) in [6.07, 6.45) is 4.68. The highest BCUT2D eigenvalue weighted by atomic mass is 16.2. The Labute approximate surface area is 131 Å². The number of carbonyl (C=O) groups excluding carboxylic acids is 1. The number of benzene rings is 1. The summed E-state index contributed by atoms with van der Waals surface area (Å²) in [6, 6.07) is 9.84. The zero-order valence-corrected chi connectivity index (χ0v) is 13.2. The van der Waals surface area contributed by atoms with Crippen LogP contribution in [0.5, 0.6) is 0 Å². The predicted octanol–water partition coefficient (Wildman–Crippen LogP) is 2.01. The van der Waals surface area contributed by atoms with Gasteiger partial charge >= 0.3 is 0 Å². The van der Waals surface area contributed by atoms with Gasteiger partial charge in [-0.1, -0.05) is 44.2 Å². The molecule has 1 amide bonds. The van der Waals surface area contributed by atoms with Gasteiger partial charge in [-0.3, -0.25) is 4.79 Å². The second kappa shape index (κ2) is 7.22. The number of H-pyrrole nitrogens is 1. The molecule has 1 heterocycles. The van der Waals surface area contributed by atoms with Gasteiger partial charge in [0.1, 0.15) is 0 Å². The van der Waals surface area contributed by atoms with Gasteiger partial charge in [0.15, 0.2) is 0 Å². The highest BCUT2D eigenvalue weighted by Crippen LogP contribution is 2.21. The number of aryl methyl sites for hydroxylation is 1. The standard InChI is InChI=1S/C17H24N4O/c1-13(2)17(18,9-8-15-11-19-12-21-15)16(22)20-10-14-6-4-3-5-7-14/h3-7,11-13H,8-10,18H2,1-2H3,(H,19,21)(H,20,22)/t17-/m0/s1. The first-order chi connectivity index (χ1) is 10.5. The molecule has 4 N–H and O–H groups in total. The van der Waals surface area contributed by atoms with Gasteiger partial charge in [-0.05, 0) is 24.3 Å². The SMILES string of the molecule is CC(C)[C@@](N)(CCc1cnc[nH]1)C(=O)NCc1ccccc1. The van der Waals surface area contributed by atoms with Crippen molar-refractivity contribution >= 4 is 5.91 Å². The summed E-state index contributed by atoms with van der Waals surface area (Å²) < 4.78 is 0. The largest absolute Gasteiger partial charge is 0.350 e. The first-order valence-corrected chi connectivity index (χ1v) is 7.60. The molecular weight excluding hydrogens is 276 g/mol. The van der Waals surface area contributed by atoms with Crippen molar-refractivity contribution in [2.45, 2.75) is 38.8 Å². The Morgan fingerprint density at radius 2 is 2.09 bits per heavy atom. The Hall–Kier alpha value is -2.14. The van der Waals surface area contributed by atoms with Crippen LogP contribution < -0.4 is 11.1 Å². The molecule has 0 saturated heterocycles. The molecule has 5 nitrogen and oxygen atoms in total. The average molecular weight is 300 g/mol. The number of imidazole rings is 1. The number of nitrogens with two attached hydrogens (primary N) is 1. The van der Waals surface area contributed by atoms with Crippen molar-refractivity contribution in [3.63, 3.8) is 0 Å². The lowest BCUT2D eigenvalue weighted by molar-refractivity contribution is -0.128. The number of hydrogen-bond acceptors (Lipinski definition) is 3. The summed E-state index contributed by atoms with van der Waals surface area (Å²) in [7, 11) is 0. The maximum atomic E-state index is 12.6. The van der Waals surface area contributed by atoms with E-state index in [1.54, 1.807) is 12.5 Å². The van der Waals surface area contributed by atoms with E-state index in [4.69, 9.17) is 5.73 Å². The molecule has 1 aromatic carbocycles. The van der Waals surface area contributed by atoms with Crippen molar-refractivity contribution in [1.82, 2.24) is 15.3 Å². The highest BCUT2D eigenvalue weighted by Gasteiger charge is 2.36. The van der Waals surface area contributed by atoms with E-state index in [1.165, 1.54) is 0 Å². The minimum absolute atomic E-state index is 0.0474. The van der Waals surface area contributed by atoms with E-state index in [0.717, 1.165) is 11.3 Å². The summed E-state index contributed by atoms with van der Waals surface area (Å²) in [5, 5.41) is 2.96. The van der Waals surface area contributed by atoms with Gasteiger partial charge in [0.2, 0.25) is 5.91 Å². The van der Waals surface area contributed by atoms with Gasteiger partial charge < -0.3 is 16.0 Å². The third-order valence-corrected chi connectivity index (χ3v) is 4.11. The van der Waals surface area contributed by atoms with E-state index in [9.17, 15) is 4.79 Å². The highest BCUT2D eigenvalue weighted by molar-refractivity contribution is 5.86. The Kier molecular flexibility index (Phi) is 5.33. The summed E-state index contributed by atoms with van der Waals surface area (Å²) in [5.74, 6) is -0.0583. The lowest BCUT2D eigenvalue weighted by atomic mass is 9.82. The molecule has 1 atom stereocenters. The molecule has 5 heteroatoms. The van der Waals surface area contributed by atoms with Crippen LogP contribution in [0.25, 0.3) is 0 Å². The normalized spacial score (nSPS) is 13.8. The van der Waals surface area contributed by atoms with Crippen molar-refractivity contribution in [2.24, 2.45) is 11.7 Å². The smallest absolute Gasteiger partial charge is 0.240 e. The van der Waals surface area contributed by atoms with Gasteiger partial charge in [-0.15, -0.1) is 0 Å². The fourth-order valence-corrected chi connectivity index (χ4v) is 2.37. The Morgan fingerprint density at radius 3 is 2.68 bits per heavy atom. The van der Waals surface area contributed by atoms with Crippen LogP contribution in [-0.4, -0.2) is 21.4 Å². The van der Waals surface area contributed by atoms with Crippen LogP contribution in [-0.2, 0) is 17.8 Å². The van der Waals surface area contributed by atoms with E-state index in [-0.39, 0.29) is 11.8 Å². The van der Waals surface area contributed by atoms with Crippen LogP contribution >= 0.6 is 0 Å². The van der Waals surface area contributed by atoms with Gasteiger partial charge in [0.25, 0.3) is 0 Å². The summed E-state index contributed by atoms with van der Waals surface area (Å²) >= 11 is 0. The number of nitrogens with zero attached hydrogens (tertiary/aromatic N) is 1. The quantitative estimate of drug-likeness (QED) is 0.731. The molecule has 0 unspecified atom stereocenters. The minimum Gasteiger partial charge on any atom is -0.350 e. The van der Waals surface area contributed by atoms with Crippen LogP contribution in [0.3, 0.4) is 0 Å². The zero-order valence-electron chi connectivity index (χ0n) is 13.2. The monoisotopic (exact) mass is 300 g/mol. The van der Waals surface area contributed by atoms with E-state index >= 15 is 0 Å². The van der Waals surface area contributed by atoms with Crippen molar-refractivity contribution in [1.29, 1.82) is 0 Å². The molecule has 2 rings (SSSR count). The molecule has 118 valence electrons. The molecule has 0 bridgehead atoms. The molecule has 1 aromatic heterocycles. The number of aromatic amines is 1. The average Bonchev–Trinajstić information content (AvgIpc) is 3.04. The predicted molar refractivity (Wildman–Crippen MR) is 87.0 cm³/mol. The van der Waals surface area contributed by atoms with Crippen molar-refractivity contribution in [3.05, 3.63) is 54.1 Å². The molecule has 0 radical (unpaired) electrons. The number of aromatic nitrogens is 2. The van der Waals surface area contributed by atoms with Crippen LogP contribution in [0, 0.1) is 5.92 Å². The molecule has 0 spiro atoms. The van der Waals surface area contributed by atoms with Gasteiger partial charge in [-0.2, -0.15) is 0 Å².